The van der Waals surface area contributed by atoms with Gasteiger partial charge in [-0.05, 0) is 30.2 Å². The van der Waals surface area contributed by atoms with Crippen molar-refractivity contribution >= 4 is 28.6 Å². The van der Waals surface area contributed by atoms with Crippen molar-refractivity contribution < 1.29 is 0 Å². The quantitative estimate of drug-likeness (QED) is 0.901. The zero-order valence-corrected chi connectivity index (χ0v) is 10.7. The van der Waals surface area contributed by atoms with Crippen LogP contribution in [0.25, 0.3) is 12.2 Å². The number of nitrogens with zero attached hydrogens (tertiary/aromatic N) is 2. The zero-order chi connectivity index (χ0) is 12.3. The van der Waals surface area contributed by atoms with Gasteiger partial charge in [0.1, 0.15) is 0 Å². The van der Waals surface area contributed by atoms with Crippen LogP contribution in [-0.2, 0) is 0 Å². The van der Waals surface area contributed by atoms with Crippen molar-refractivity contribution in [1.82, 2.24) is 9.97 Å². The van der Waals surface area contributed by atoms with E-state index in [1.54, 1.807) is 0 Å². The van der Waals surface area contributed by atoms with Crippen LogP contribution in [0.1, 0.15) is 36.8 Å². The van der Waals surface area contributed by atoms with Crippen molar-refractivity contribution in [3.8, 4) is 0 Å². The third kappa shape index (κ3) is 3.14. The van der Waals surface area contributed by atoms with E-state index < -0.39 is 0 Å². The van der Waals surface area contributed by atoms with Crippen molar-refractivity contribution in [3.63, 3.8) is 0 Å². The molecule has 2 N–H and O–H groups in total. The molecule has 88 valence electrons. The minimum Gasteiger partial charge on any atom is -0.375 e. The Hall–Kier alpha value is -1.68. The summed E-state index contributed by atoms with van der Waals surface area (Å²) in [7, 11) is 0. The van der Waals surface area contributed by atoms with Crippen LogP contribution in [0.5, 0.6) is 0 Å². The van der Waals surface area contributed by atoms with Gasteiger partial charge in [0, 0.05) is 11.1 Å². The zero-order valence-electron chi connectivity index (χ0n) is 9.92. The van der Waals surface area contributed by atoms with Crippen molar-refractivity contribution in [2.45, 2.75) is 19.8 Å². The van der Waals surface area contributed by atoms with Gasteiger partial charge in [-0.25, -0.2) is 4.98 Å². The first-order chi connectivity index (χ1) is 8.15. The summed E-state index contributed by atoms with van der Waals surface area (Å²) < 4.78 is 0. The van der Waals surface area contributed by atoms with Gasteiger partial charge in [0.15, 0.2) is 5.13 Å². The first-order valence-electron chi connectivity index (χ1n) is 5.51. The van der Waals surface area contributed by atoms with Crippen LogP contribution in [0.3, 0.4) is 0 Å². The summed E-state index contributed by atoms with van der Waals surface area (Å²) in [4.78, 5) is 8.72. The fourth-order valence-electron chi connectivity index (χ4n) is 1.43. The molecule has 0 atom stereocenters. The maximum absolute atomic E-state index is 5.57. The first-order valence-corrected chi connectivity index (χ1v) is 6.39. The molecule has 4 heteroatoms. The lowest BCUT2D eigenvalue weighted by Gasteiger charge is -2.04. The molecular weight excluding hydrogens is 230 g/mol. The molecular formula is C13H15N3S. The smallest absolute Gasteiger partial charge is 0.180 e. The Bertz CT molecular complexity index is 529. The summed E-state index contributed by atoms with van der Waals surface area (Å²) in [6, 6.07) is 6.05. The molecule has 3 nitrogen and oxygen atoms in total. The fourth-order valence-corrected chi connectivity index (χ4v) is 1.96. The summed E-state index contributed by atoms with van der Waals surface area (Å²) in [6.45, 7) is 4.27. The molecule has 0 unspecified atom stereocenters. The number of hydrogen-bond acceptors (Lipinski definition) is 4. The summed E-state index contributed by atoms with van der Waals surface area (Å²) >= 11 is 1.44. The molecule has 0 saturated heterocycles. The van der Waals surface area contributed by atoms with Crippen LogP contribution in [-0.4, -0.2) is 9.97 Å². The molecule has 0 aliphatic heterocycles. The van der Waals surface area contributed by atoms with Gasteiger partial charge in [-0.2, -0.15) is 0 Å². The number of pyridine rings is 1. The molecule has 0 radical (unpaired) electrons. The van der Waals surface area contributed by atoms with Gasteiger partial charge in [-0.1, -0.05) is 19.9 Å². The second-order valence-electron chi connectivity index (χ2n) is 4.09. The molecule has 2 aromatic heterocycles. The van der Waals surface area contributed by atoms with Gasteiger partial charge < -0.3 is 5.73 Å². The van der Waals surface area contributed by atoms with E-state index >= 15 is 0 Å². The Labute approximate surface area is 105 Å². The topological polar surface area (TPSA) is 51.8 Å². The van der Waals surface area contributed by atoms with Crippen molar-refractivity contribution in [2.75, 3.05) is 5.73 Å². The number of rotatable bonds is 3. The van der Waals surface area contributed by atoms with E-state index in [1.165, 1.54) is 11.3 Å². The van der Waals surface area contributed by atoms with Gasteiger partial charge in [0.25, 0.3) is 0 Å². The second kappa shape index (κ2) is 5.10. The number of thiazole rings is 1. The SMILES string of the molecule is CC(C)c1cccc(/C=C/c2csc(N)n2)n1. The molecule has 0 spiro atoms. The van der Waals surface area contributed by atoms with Crippen molar-refractivity contribution in [2.24, 2.45) is 0 Å². The van der Waals surface area contributed by atoms with Gasteiger partial charge in [-0.15, -0.1) is 11.3 Å². The third-order valence-corrected chi connectivity index (χ3v) is 3.04. The van der Waals surface area contributed by atoms with E-state index in [2.05, 4.69) is 23.8 Å². The highest BCUT2D eigenvalue weighted by molar-refractivity contribution is 7.13. The monoisotopic (exact) mass is 245 g/mol. The summed E-state index contributed by atoms with van der Waals surface area (Å²) in [5.41, 5.74) is 8.50. The lowest BCUT2D eigenvalue weighted by molar-refractivity contribution is 0.821. The van der Waals surface area contributed by atoms with Crippen LogP contribution in [0, 0.1) is 0 Å². The van der Waals surface area contributed by atoms with E-state index in [-0.39, 0.29) is 0 Å². The Morgan fingerprint density at radius 2 is 1.94 bits per heavy atom. The number of nitrogens with two attached hydrogens (primary N) is 1. The van der Waals surface area contributed by atoms with Gasteiger partial charge in [0.2, 0.25) is 0 Å². The maximum atomic E-state index is 5.57. The Morgan fingerprint density at radius 3 is 2.59 bits per heavy atom. The molecule has 17 heavy (non-hydrogen) atoms. The molecule has 2 heterocycles. The highest BCUT2D eigenvalue weighted by Crippen LogP contribution is 2.15. The summed E-state index contributed by atoms with van der Waals surface area (Å²) in [5, 5.41) is 2.52. The van der Waals surface area contributed by atoms with Crippen LogP contribution in [0.4, 0.5) is 5.13 Å². The van der Waals surface area contributed by atoms with E-state index in [1.807, 2.05) is 35.7 Å². The Kier molecular flexibility index (Phi) is 3.54. The molecule has 2 rings (SSSR count). The highest BCUT2D eigenvalue weighted by atomic mass is 32.1. The van der Waals surface area contributed by atoms with Crippen LogP contribution in [0.2, 0.25) is 0 Å². The van der Waals surface area contributed by atoms with Gasteiger partial charge >= 0.3 is 0 Å². The van der Waals surface area contributed by atoms with Crippen molar-refractivity contribution in [1.29, 1.82) is 0 Å². The van der Waals surface area contributed by atoms with Crippen LogP contribution in [0.15, 0.2) is 23.6 Å². The van der Waals surface area contributed by atoms with E-state index in [0.717, 1.165) is 17.1 Å². The summed E-state index contributed by atoms with van der Waals surface area (Å²) in [6.07, 6.45) is 3.89. The molecule has 0 bridgehead atoms. The fraction of sp³-hybridized carbons (Fsp3) is 0.231. The molecule has 0 fully saturated rings. The largest absolute Gasteiger partial charge is 0.375 e. The molecule has 0 aromatic carbocycles. The average molecular weight is 245 g/mol. The molecule has 0 aliphatic carbocycles. The minimum absolute atomic E-state index is 0.443. The average Bonchev–Trinajstić information content (AvgIpc) is 2.73. The van der Waals surface area contributed by atoms with Crippen molar-refractivity contribution in [3.05, 3.63) is 40.7 Å². The Morgan fingerprint density at radius 1 is 1.18 bits per heavy atom. The minimum atomic E-state index is 0.443. The van der Waals surface area contributed by atoms with Gasteiger partial charge in [-0.3, -0.25) is 4.98 Å². The molecule has 0 saturated carbocycles. The standard InChI is InChI=1S/C13H15N3S/c1-9(2)12-5-3-4-10(15-12)6-7-11-8-17-13(14)16-11/h3-9H,1-2H3,(H2,14,16)/b7-6+. The number of hydrogen-bond donors (Lipinski definition) is 1. The van der Waals surface area contributed by atoms with Crippen LogP contribution >= 0.6 is 11.3 Å². The first kappa shape index (κ1) is 11.8. The number of nitrogen functional groups attached to an aromatic ring is 1. The lowest BCUT2D eigenvalue weighted by atomic mass is 10.1. The third-order valence-electron chi connectivity index (χ3n) is 2.35. The number of anilines is 1. The molecule has 0 aliphatic rings. The normalized spacial score (nSPS) is 11.5. The highest BCUT2D eigenvalue weighted by Gasteiger charge is 2.00. The Balaban J connectivity index is 2.18. The predicted octanol–water partition coefficient (Wildman–Crippen LogP) is 3.41. The number of aromatic nitrogens is 2. The van der Waals surface area contributed by atoms with Crippen LogP contribution < -0.4 is 5.73 Å². The predicted molar refractivity (Wildman–Crippen MR) is 73.8 cm³/mol. The van der Waals surface area contributed by atoms with Gasteiger partial charge in [0.05, 0.1) is 11.4 Å². The second-order valence-corrected chi connectivity index (χ2v) is 4.98. The van der Waals surface area contributed by atoms with E-state index in [4.69, 9.17) is 5.73 Å². The maximum Gasteiger partial charge on any atom is 0.180 e. The summed E-state index contributed by atoms with van der Waals surface area (Å²) in [5.74, 6) is 0.443. The van der Waals surface area contributed by atoms with E-state index in [9.17, 15) is 0 Å². The van der Waals surface area contributed by atoms with E-state index in [0.29, 0.717) is 11.0 Å². The molecule has 2 aromatic rings. The molecule has 0 amide bonds. The lowest BCUT2D eigenvalue weighted by Crippen LogP contribution is -1.93.